The van der Waals surface area contributed by atoms with E-state index in [4.69, 9.17) is 10.7 Å². The van der Waals surface area contributed by atoms with Gasteiger partial charge in [-0.2, -0.15) is 0 Å². The van der Waals surface area contributed by atoms with Gasteiger partial charge in [0.05, 0.1) is 6.04 Å². The molecular weight excluding hydrogens is 379 g/mol. The highest BCUT2D eigenvalue weighted by atomic mass is 19.1. The molecule has 3 aliphatic rings. The quantitative estimate of drug-likeness (QED) is 0.815. The number of amides is 1. The highest BCUT2D eigenvalue weighted by Gasteiger charge is 2.34. The van der Waals surface area contributed by atoms with Gasteiger partial charge in [0.15, 0.2) is 0 Å². The first-order valence-electron chi connectivity index (χ1n) is 10.5. The minimum absolute atomic E-state index is 0.155. The Morgan fingerprint density at radius 2 is 2.00 bits per heavy atom. The third kappa shape index (κ3) is 4.02. The van der Waals surface area contributed by atoms with Crippen LogP contribution in [0.4, 0.5) is 4.39 Å². The number of rotatable bonds is 5. The Balaban J connectivity index is 1.63. The lowest BCUT2D eigenvalue weighted by molar-refractivity contribution is -0.111. The van der Waals surface area contributed by atoms with E-state index < -0.39 is 5.91 Å². The van der Waals surface area contributed by atoms with Crippen LogP contribution < -0.4 is 5.73 Å². The van der Waals surface area contributed by atoms with Crippen LogP contribution in [0.1, 0.15) is 18.9 Å². The Kier molecular flexibility index (Phi) is 5.71. The fourth-order valence-corrected chi connectivity index (χ4v) is 4.60. The predicted octanol–water partition coefficient (Wildman–Crippen LogP) is 2.66. The van der Waals surface area contributed by atoms with Crippen molar-refractivity contribution in [2.45, 2.75) is 25.4 Å². The summed E-state index contributed by atoms with van der Waals surface area (Å²) in [6.07, 6.45) is 7.21. The molecule has 1 aliphatic carbocycles. The third-order valence-corrected chi connectivity index (χ3v) is 6.52. The standard InChI is InChI=1S/C24H29FN4O/c1-15-17(13-29-11-10-19(14-29)28(2)3)6-9-20-21(16-4-7-18(25)8-5-16)12-22(24(26)30)27-23(15)20/h4-9,12,15,19,23H,10-11,13-14H2,1-3H3,(H2,26,30). The number of carbonyl (C=O) groups excluding carboxylic acids is 1. The summed E-state index contributed by atoms with van der Waals surface area (Å²) in [6.45, 7) is 5.22. The first kappa shape index (κ1) is 20.7. The van der Waals surface area contributed by atoms with Gasteiger partial charge < -0.3 is 10.6 Å². The van der Waals surface area contributed by atoms with Gasteiger partial charge in [-0.05, 0) is 55.4 Å². The number of fused-ring (bicyclic) bond motifs is 1. The highest BCUT2D eigenvalue weighted by Crippen LogP contribution is 2.39. The predicted molar refractivity (Wildman–Crippen MR) is 119 cm³/mol. The molecule has 1 fully saturated rings. The molecule has 0 aromatic heterocycles. The number of likely N-dealkylation sites (N-methyl/N-ethyl adjacent to an activating group) is 1. The van der Waals surface area contributed by atoms with Gasteiger partial charge in [0.25, 0.3) is 5.91 Å². The Morgan fingerprint density at radius 1 is 1.27 bits per heavy atom. The Morgan fingerprint density at radius 3 is 2.63 bits per heavy atom. The zero-order valence-electron chi connectivity index (χ0n) is 17.8. The molecule has 6 heteroatoms. The maximum Gasteiger partial charge on any atom is 0.266 e. The topological polar surface area (TPSA) is 61.9 Å². The van der Waals surface area contributed by atoms with Gasteiger partial charge in [0.2, 0.25) is 0 Å². The average molecular weight is 409 g/mol. The molecule has 0 bridgehead atoms. The Hall–Kier alpha value is -2.57. The van der Waals surface area contributed by atoms with Crippen LogP contribution in [0.2, 0.25) is 0 Å². The van der Waals surface area contributed by atoms with E-state index in [1.807, 2.05) is 0 Å². The van der Waals surface area contributed by atoms with Crippen LogP contribution in [0.15, 0.2) is 58.6 Å². The summed E-state index contributed by atoms with van der Waals surface area (Å²) in [6, 6.07) is 6.77. The van der Waals surface area contributed by atoms with Gasteiger partial charge >= 0.3 is 0 Å². The van der Waals surface area contributed by atoms with Crippen molar-refractivity contribution in [3.8, 4) is 0 Å². The summed E-state index contributed by atoms with van der Waals surface area (Å²) in [5, 5.41) is 0. The number of hydrogen-bond donors (Lipinski definition) is 1. The van der Waals surface area contributed by atoms with Gasteiger partial charge in [-0.15, -0.1) is 0 Å². The maximum atomic E-state index is 13.4. The van der Waals surface area contributed by atoms with Crippen molar-refractivity contribution in [1.82, 2.24) is 9.80 Å². The van der Waals surface area contributed by atoms with Crippen molar-refractivity contribution >= 4 is 17.2 Å². The fourth-order valence-electron chi connectivity index (χ4n) is 4.60. The van der Waals surface area contributed by atoms with E-state index >= 15 is 0 Å². The van der Waals surface area contributed by atoms with Gasteiger partial charge in [0.1, 0.15) is 11.5 Å². The number of allylic oxidation sites excluding steroid dienone is 2. The number of nitrogens with two attached hydrogens (primary N) is 1. The van der Waals surface area contributed by atoms with E-state index in [1.165, 1.54) is 24.1 Å². The summed E-state index contributed by atoms with van der Waals surface area (Å²) < 4.78 is 13.4. The van der Waals surface area contributed by atoms with E-state index in [-0.39, 0.29) is 23.5 Å². The van der Waals surface area contributed by atoms with Crippen molar-refractivity contribution in [3.63, 3.8) is 0 Å². The molecule has 5 nitrogen and oxygen atoms in total. The number of dihydropyridines is 1. The molecule has 4 rings (SSSR count). The molecular formula is C24H29FN4O. The smallest absolute Gasteiger partial charge is 0.266 e. The summed E-state index contributed by atoms with van der Waals surface area (Å²) in [5.74, 6) is -0.669. The number of aliphatic imine (C=N–C) groups is 1. The number of primary amides is 1. The molecule has 158 valence electrons. The van der Waals surface area contributed by atoms with Crippen LogP contribution in [0, 0.1) is 11.7 Å². The Bertz CT molecular complexity index is 958. The number of nitrogens with zero attached hydrogens (tertiary/aromatic N) is 3. The minimum Gasteiger partial charge on any atom is -0.364 e. The van der Waals surface area contributed by atoms with Gasteiger partial charge in [-0.3, -0.25) is 14.7 Å². The van der Waals surface area contributed by atoms with Crippen LogP contribution in [0.5, 0.6) is 0 Å². The van der Waals surface area contributed by atoms with Crippen LogP contribution in [0.25, 0.3) is 5.57 Å². The monoisotopic (exact) mass is 408 g/mol. The largest absolute Gasteiger partial charge is 0.364 e. The van der Waals surface area contributed by atoms with Crippen molar-refractivity contribution < 1.29 is 9.18 Å². The number of benzene rings is 1. The first-order valence-corrected chi connectivity index (χ1v) is 10.5. The third-order valence-electron chi connectivity index (χ3n) is 6.52. The number of carbonyl (C=O) groups is 1. The lowest BCUT2D eigenvalue weighted by atomic mass is 9.77. The molecule has 1 saturated heterocycles. The lowest BCUT2D eigenvalue weighted by Crippen LogP contribution is -2.36. The molecule has 2 heterocycles. The van der Waals surface area contributed by atoms with Crippen molar-refractivity contribution in [2.24, 2.45) is 16.6 Å². The molecule has 0 spiro atoms. The van der Waals surface area contributed by atoms with E-state index in [0.717, 1.165) is 36.3 Å². The lowest BCUT2D eigenvalue weighted by Gasteiger charge is -2.34. The summed E-state index contributed by atoms with van der Waals surface area (Å²) in [5.41, 5.74) is 9.98. The SMILES string of the molecule is CC1C(CN2CCC(N(C)C)C2)=CC=C2C(c3ccc(F)cc3)=CC(C(N)=O)=NC21. The first-order chi connectivity index (χ1) is 14.3. The highest BCUT2D eigenvalue weighted by molar-refractivity contribution is 6.44. The van der Waals surface area contributed by atoms with Crippen molar-refractivity contribution in [3.05, 3.63) is 65.0 Å². The summed E-state index contributed by atoms with van der Waals surface area (Å²) in [7, 11) is 4.27. The van der Waals surface area contributed by atoms with Gasteiger partial charge in [-0.1, -0.05) is 36.8 Å². The Labute approximate surface area is 177 Å². The molecule has 3 atom stereocenters. The number of halogens is 1. The van der Waals surface area contributed by atoms with E-state index in [0.29, 0.717) is 6.04 Å². The molecule has 1 amide bonds. The van der Waals surface area contributed by atoms with Crippen molar-refractivity contribution in [2.75, 3.05) is 33.7 Å². The van der Waals surface area contributed by atoms with Crippen LogP contribution in [-0.2, 0) is 4.79 Å². The van der Waals surface area contributed by atoms with E-state index in [2.05, 4.69) is 43.0 Å². The number of likely N-dealkylation sites (tertiary alicyclic amines) is 1. The maximum absolute atomic E-state index is 13.4. The summed E-state index contributed by atoms with van der Waals surface area (Å²) in [4.78, 5) is 21.5. The van der Waals surface area contributed by atoms with Crippen LogP contribution in [-0.4, -0.2) is 67.2 Å². The molecule has 1 aromatic carbocycles. The van der Waals surface area contributed by atoms with E-state index in [1.54, 1.807) is 18.2 Å². The van der Waals surface area contributed by atoms with E-state index in [9.17, 15) is 9.18 Å². The second-order valence-electron chi connectivity index (χ2n) is 8.68. The second-order valence-corrected chi connectivity index (χ2v) is 8.68. The van der Waals surface area contributed by atoms with Gasteiger partial charge in [0, 0.05) is 31.6 Å². The molecule has 1 aromatic rings. The molecule has 0 radical (unpaired) electrons. The van der Waals surface area contributed by atoms with Crippen molar-refractivity contribution in [1.29, 1.82) is 0 Å². The van der Waals surface area contributed by atoms with Crippen LogP contribution >= 0.6 is 0 Å². The molecule has 2 aliphatic heterocycles. The summed E-state index contributed by atoms with van der Waals surface area (Å²) >= 11 is 0. The normalized spacial score (nSPS) is 26.6. The fraction of sp³-hybridized carbons (Fsp3) is 0.417. The second kappa shape index (κ2) is 8.28. The molecule has 0 saturated carbocycles. The van der Waals surface area contributed by atoms with Gasteiger partial charge in [-0.25, -0.2) is 4.39 Å². The average Bonchev–Trinajstić information content (AvgIpc) is 3.19. The zero-order chi connectivity index (χ0) is 21.4. The molecule has 30 heavy (non-hydrogen) atoms. The molecule has 3 unspecified atom stereocenters. The molecule has 2 N–H and O–H groups in total. The minimum atomic E-state index is -0.537. The zero-order valence-corrected chi connectivity index (χ0v) is 17.8. The number of hydrogen-bond acceptors (Lipinski definition) is 4. The van der Waals surface area contributed by atoms with Crippen LogP contribution in [0.3, 0.4) is 0 Å².